The normalized spacial score (nSPS) is 18.5. The minimum atomic E-state index is -5.02. The van der Waals surface area contributed by atoms with Crippen LogP contribution in [0.5, 0.6) is 0 Å². The third kappa shape index (κ3) is 5.37. The van der Waals surface area contributed by atoms with Gasteiger partial charge in [0.1, 0.15) is 11.9 Å². The van der Waals surface area contributed by atoms with E-state index in [0.29, 0.717) is 27.2 Å². The minimum Gasteiger partial charge on any atom is -0.369 e. The molecule has 44 heavy (non-hydrogen) atoms. The number of carbonyl (C=O) groups excluding carboxylic acids is 2. The Morgan fingerprint density at radius 2 is 1.82 bits per heavy atom. The van der Waals surface area contributed by atoms with Crippen molar-refractivity contribution >= 4 is 44.1 Å². The number of aliphatic hydroxyl groups excluding tert-OH is 1. The number of amides is 2. The molecular weight excluding hydrogens is 597 g/mol. The van der Waals surface area contributed by atoms with Crippen molar-refractivity contribution in [3.05, 3.63) is 95.1 Å². The van der Waals surface area contributed by atoms with Crippen LogP contribution in [0.25, 0.3) is 10.9 Å². The Labute approximate surface area is 250 Å². The van der Waals surface area contributed by atoms with E-state index in [4.69, 9.17) is 4.98 Å². The maximum atomic E-state index is 14.3. The van der Waals surface area contributed by atoms with Gasteiger partial charge in [-0.15, -0.1) is 0 Å². The van der Waals surface area contributed by atoms with E-state index in [9.17, 15) is 36.3 Å². The van der Waals surface area contributed by atoms with Gasteiger partial charge in [0.05, 0.1) is 28.3 Å². The van der Waals surface area contributed by atoms with Crippen LogP contribution in [0.2, 0.25) is 0 Å². The van der Waals surface area contributed by atoms with E-state index in [1.807, 2.05) is 6.92 Å². The van der Waals surface area contributed by atoms with Crippen LogP contribution in [0.4, 0.5) is 24.7 Å². The van der Waals surface area contributed by atoms with Crippen molar-refractivity contribution in [2.24, 2.45) is 0 Å². The number of anilines is 2. The summed E-state index contributed by atoms with van der Waals surface area (Å²) in [5.74, 6) is -1.91. The number of aromatic nitrogens is 1. The summed E-state index contributed by atoms with van der Waals surface area (Å²) in [5.41, 5.74) is 1.98. The van der Waals surface area contributed by atoms with Gasteiger partial charge in [-0.05, 0) is 36.8 Å². The molecule has 2 aliphatic rings. The van der Waals surface area contributed by atoms with Crippen molar-refractivity contribution in [1.29, 1.82) is 0 Å². The summed E-state index contributed by atoms with van der Waals surface area (Å²) in [6, 6.07) is 16.5. The van der Waals surface area contributed by atoms with E-state index in [-0.39, 0.29) is 40.6 Å². The lowest BCUT2D eigenvalue weighted by Gasteiger charge is -2.32. The Morgan fingerprint density at radius 1 is 1.09 bits per heavy atom. The van der Waals surface area contributed by atoms with Gasteiger partial charge in [-0.2, -0.15) is 13.2 Å². The standard InChI is InChI=1S/C31H27F3N4O5S/c1-18-10-11-23-22(14-18)24(15-27(35-23)37-12-13-44(42,43)25-9-5-2-6-19(25)17-37)36-28(39)16-26(31(32,33)34)38-29(40)20-7-3-4-8-21(20)30(38)41/h2-11,14-15,26,29,40H,12-13,16-17H2,1H3,(H,35,36,39). The number of carbonyl (C=O) groups is 2. The molecule has 0 fully saturated rings. The number of aliphatic hydroxyl groups is 1. The number of hydrogen-bond donors (Lipinski definition) is 2. The Morgan fingerprint density at radius 3 is 2.57 bits per heavy atom. The second kappa shape index (κ2) is 10.9. The van der Waals surface area contributed by atoms with Gasteiger partial charge in [0, 0.05) is 35.7 Å². The first-order chi connectivity index (χ1) is 20.8. The van der Waals surface area contributed by atoms with E-state index in [0.717, 1.165) is 5.56 Å². The maximum Gasteiger partial charge on any atom is 0.409 e. The van der Waals surface area contributed by atoms with Crippen LogP contribution in [0.15, 0.2) is 77.7 Å². The van der Waals surface area contributed by atoms with Crippen molar-refractivity contribution in [2.45, 2.75) is 43.2 Å². The number of alkyl halides is 3. The van der Waals surface area contributed by atoms with Gasteiger partial charge < -0.3 is 15.3 Å². The van der Waals surface area contributed by atoms with Crippen molar-refractivity contribution in [3.63, 3.8) is 0 Å². The zero-order chi connectivity index (χ0) is 31.4. The van der Waals surface area contributed by atoms with Crippen molar-refractivity contribution in [1.82, 2.24) is 9.88 Å². The number of nitrogens with zero attached hydrogens (tertiary/aromatic N) is 3. The zero-order valence-corrected chi connectivity index (χ0v) is 24.2. The highest BCUT2D eigenvalue weighted by Crippen LogP contribution is 2.40. The molecule has 6 rings (SSSR count). The molecule has 0 saturated carbocycles. The summed E-state index contributed by atoms with van der Waals surface area (Å²) in [4.78, 5) is 33.1. The number of rotatable bonds is 5. The average Bonchev–Trinajstić information content (AvgIpc) is 3.13. The SMILES string of the molecule is Cc1ccc2nc(N3CCS(=O)(=O)c4ccccc4C3)cc(NC(=O)CC(N3C(=O)c4ccccc4C3O)C(F)(F)F)c2c1. The molecule has 2 amide bonds. The van der Waals surface area contributed by atoms with Gasteiger partial charge in [-0.25, -0.2) is 13.4 Å². The van der Waals surface area contributed by atoms with E-state index in [1.165, 1.54) is 30.3 Å². The Hall–Kier alpha value is -4.49. The molecule has 0 saturated heterocycles. The highest BCUT2D eigenvalue weighted by atomic mass is 32.2. The number of fused-ring (bicyclic) bond motifs is 3. The van der Waals surface area contributed by atoms with Crippen molar-refractivity contribution < 1.29 is 36.3 Å². The fraction of sp³-hybridized carbons (Fsp3) is 0.258. The predicted molar refractivity (Wildman–Crippen MR) is 157 cm³/mol. The molecule has 4 aromatic rings. The van der Waals surface area contributed by atoms with Gasteiger partial charge in [-0.3, -0.25) is 14.5 Å². The average molecular weight is 625 g/mol. The van der Waals surface area contributed by atoms with Gasteiger partial charge in [-0.1, -0.05) is 48.0 Å². The van der Waals surface area contributed by atoms with Gasteiger partial charge in [0.2, 0.25) is 5.91 Å². The highest BCUT2D eigenvalue weighted by Gasteiger charge is 2.52. The molecule has 2 N–H and O–H groups in total. The summed E-state index contributed by atoms with van der Waals surface area (Å²) in [6.07, 6.45) is -8.06. The predicted octanol–water partition coefficient (Wildman–Crippen LogP) is 4.74. The minimum absolute atomic E-state index is 0.0356. The summed E-state index contributed by atoms with van der Waals surface area (Å²) in [6.45, 7) is 2.12. The first-order valence-electron chi connectivity index (χ1n) is 13.8. The molecule has 0 spiro atoms. The number of benzene rings is 3. The second-order valence-corrected chi connectivity index (χ2v) is 13.0. The maximum absolute atomic E-state index is 14.3. The molecule has 2 unspecified atom stereocenters. The van der Waals surface area contributed by atoms with Crippen LogP contribution in [0.3, 0.4) is 0 Å². The Kier molecular flexibility index (Phi) is 7.33. The smallest absolute Gasteiger partial charge is 0.369 e. The monoisotopic (exact) mass is 624 g/mol. The lowest BCUT2D eigenvalue weighted by atomic mass is 10.1. The van der Waals surface area contributed by atoms with Crippen LogP contribution in [0.1, 0.15) is 39.7 Å². The van der Waals surface area contributed by atoms with E-state index in [1.54, 1.807) is 47.4 Å². The molecule has 3 heterocycles. The van der Waals surface area contributed by atoms with Gasteiger partial charge in [0.25, 0.3) is 5.91 Å². The number of pyridine rings is 1. The van der Waals surface area contributed by atoms with E-state index >= 15 is 0 Å². The van der Waals surface area contributed by atoms with E-state index < -0.39 is 46.5 Å². The number of aryl methyl sites for hydroxylation is 1. The van der Waals surface area contributed by atoms with E-state index in [2.05, 4.69) is 5.32 Å². The summed E-state index contributed by atoms with van der Waals surface area (Å²) < 4.78 is 68.8. The van der Waals surface area contributed by atoms with Crippen LogP contribution >= 0.6 is 0 Å². The molecule has 13 heteroatoms. The molecule has 0 aliphatic carbocycles. The summed E-state index contributed by atoms with van der Waals surface area (Å²) in [5, 5.41) is 13.7. The largest absolute Gasteiger partial charge is 0.409 e. The lowest BCUT2D eigenvalue weighted by molar-refractivity contribution is -0.195. The zero-order valence-electron chi connectivity index (χ0n) is 23.4. The van der Waals surface area contributed by atoms with Crippen molar-refractivity contribution in [2.75, 3.05) is 22.5 Å². The molecule has 1 aromatic heterocycles. The number of sulfone groups is 1. The molecule has 2 atom stereocenters. The molecule has 0 bridgehead atoms. The lowest BCUT2D eigenvalue weighted by Crippen LogP contribution is -2.49. The van der Waals surface area contributed by atoms with Crippen LogP contribution < -0.4 is 10.2 Å². The number of halogens is 3. The third-order valence-electron chi connectivity index (χ3n) is 7.91. The topological polar surface area (TPSA) is 120 Å². The van der Waals surface area contributed by atoms with Crippen molar-refractivity contribution in [3.8, 4) is 0 Å². The summed E-state index contributed by atoms with van der Waals surface area (Å²) in [7, 11) is -3.56. The third-order valence-corrected chi connectivity index (χ3v) is 9.70. The Bertz CT molecular complexity index is 1910. The molecule has 3 aromatic carbocycles. The molecule has 0 radical (unpaired) electrons. The number of hydrogen-bond acceptors (Lipinski definition) is 7. The van der Waals surface area contributed by atoms with Crippen LogP contribution in [0, 0.1) is 6.92 Å². The van der Waals surface area contributed by atoms with Crippen LogP contribution in [-0.2, 0) is 21.2 Å². The van der Waals surface area contributed by atoms with Crippen LogP contribution in [-0.4, -0.2) is 59.7 Å². The second-order valence-electron chi connectivity index (χ2n) is 10.9. The number of nitrogens with one attached hydrogen (secondary N) is 1. The fourth-order valence-electron chi connectivity index (χ4n) is 5.73. The molecule has 228 valence electrons. The first kappa shape index (κ1) is 29.6. The van der Waals surface area contributed by atoms with Gasteiger partial charge >= 0.3 is 6.18 Å². The quantitative estimate of drug-likeness (QED) is 0.329. The molecule has 2 aliphatic heterocycles. The first-order valence-corrected chi connectivity index (χ1v) is 15.4. The summed E-state index contributed by atoms with van der Waals surface area (Å²) >= 11 is 0. The molecular formula is C31H27F3N4O5S. The highest BCUT2D eigenvalue weighted by molar-refractivity contribution is 7.91. The Balaban J connectivity index is 1.33. The fourth-order valence-corrected chi connectivity index (χ4v) is 7.23. The van der Waals surface area contributed by atoms with Gasteiger partial charge in [0.15, 0.2) is 16.1 Å². The molecule has 9 nitrogen and oxygen atoms in total.